The predicted octanol–water partition coefficient (Wildman–Crippen LogP) is 2.84. The fourth-order valence-corrected chi connectivity index (χ4v) is 4.27. The van der Waals surface area contributed by atoms with Crippen molar-refractivity contribution in [1.82, 2.24) is 4.90 Å². The van der Waals surface area contributed by atoms with Crippen LogP contribution in [0.15, 0.2) is 46.2 Å². The lowest BCUT2D eigenvalue weighted by Gasteiger charge is -2.16. The molecule has 0 atom stereocenters. The Morgan fingerprint density at radius 3 is 2.71 bits per heavy atom. The van der Waals surface area contributed by atoms with Crippen LogP contribution in [-0.2, 0) is 23.0 Å². The van der Waals surface area contributed by atoms with Gasteiger partial charge in [-0.15, -0.1) is 11.8 Å². The quantitative estimate of drug-likeness (QED) is 0.883. The van der Waals surface area contributed by atoms with E-state index in [9.17, 15) is 8.42 Å². The summed E-state index contributed by atoms with van der Waals surface area (Å²) in [6.07, 6.45) is 1.05. The van der Waals surface area contributed by atoms with Crippen LogP contribution in [0.3, 0.4) is 0 Å². The monoisotopic (exact) mass is 364 g/mol. The van der Waals surface area contributed by atoms with E-state index in [1.807, 2.05) is 36.8 Å². The lowest BCUT2D eigenvalue weighted by molar-refractivity contribution is 0.388. The van der Waals surface area contributed by atoms with Gasteiger partial charge >= 0.3 is 0 Å². The van der Waals surface area contributed by atoms with Gasteiger partial charge in [0.05, 0.1) is 4.90 Å². The van der Waals surface area contributed by atoms with E-state index in [4.69, 9.17) is 9.88 Å². The number of nitrogens with zero attached hydrogens (tertiary/aromatic N) is 1. The first-order chi connectivity index (χ1) is 11.3. The van der Waals surface area contributed by atoms with Crippen LogP contribution in [0.4, 0.5) is 0 Å². The maximum absolute atomic E-state index is 11.6. The fourth-order valence-electron chi connectivity index (χ4n) is 2.65. The summed E-state index contributed by atoms with van der Waals surface area (Å²) >= 11 is 1.86. The Bertz CT molecular complexity index is 864. The summed E-state index contributed by atoms with van der Waals surface area (Å²) < 4.78 is 29.2. The van der Waals surface area contributed by atoms with E-state index < -0.39 is 10.0 Å². The minimum absolute atomic E-state index is 0.0945. The number of ether oxygens (including phenoxy) is 1. The van der Waals surface area contributed by atoms with Gasteiger partial charge in [0.2, 0.25) is 10.0 Å². The second kappa shape index (κ2) is 6.76. The van der Waals surface area contributed by atoms with Crippen molar-refractivity contribution >= 4 is 21.8 Å². The standard InChI is InChI=1S/C17H20N2O3S2/c1-19(2)11-13-10-15(24(18,20)21)4-5-16(13)22-14-3-6-17-12(9-14)7-8-23-17/h3-6,9-10H,7-8,11H2,1-2H3,(H2,18,20,21). The third-order valence-electron chi connectivity index (χ3n) is 3.74. The molecule has 0 aromatic heterocycles. The van der Waals surface area contributed by atoms with E-state index in [1.54, 1.807) is 12.1 Å². The minimum Gasteiger partial charge on any atom is -0.457 e. The van der Waals surface area contributed by atoms with E-state index in [-0.39, 0.29) is 4.90 Å². The molecule has 2 aromatic carbocycles. The summed E-state index contributed by atoms with van der Waals surface area (Å²) in [5.41, 5.74) is 2.08. The molecule has 2 aromatic rings. The van der Waals surface area contributed by atoms with Gasteiger partial charge in [-0.2, -0.15) is 0 Å². The zero-order chi connectivity index (χ0) is 17.3. The smallest absolute Gasteiger partial charge is 0.238 e. The van der Waals surface area contributed by atoms with Gasteiger partial charge in [-0.3, -0.25) is 0 Å². The highest BCUT2D eigenvalue weighted by Crippen LogP contribution is 2.35. The van der Waals surface area contributed by atoms with Gasteiger partial charge in [-0.25, -0.2) is 13.6 Å². The molecule has 0 saturated heterocycles. The average molecular weight is 364 g/mol. The summed E-state index contributed by atoms with van der Waals surface area (Å²) in [4.78, 5) is 3.35. The van der Waals surface area contributed by atoms with Crippen molar-refractivity contribution in [2.45, 2.75) is 22.8 Å². The third-order valence-corrected chi connectivity index (χ3v) is 5.76. The molecule has 0 bridgehead atoms. The minimum atomic E-state index is -3.74. The lowest BCUT2D eigenvalue weighted by Crippen LogP contribution is -2.15. The first-order valence-corrected chi connectivity index (χ1v) is 10.1. The number of hydrogen-bond acceptors (Lipinski definition) is 5. The number of hydrogen-bond donors (Lipinski definition) is 1. The Morgan fingerprint density at radius 1 is 1.21 bits per heavy atom. The third kappa shape index (κ3) is 3.92. The van der Waals surface area contributed by atoms with Crippen LogP contribution in [0.2, 0.25) is 0 Å². The molecule has 0 radical (unpaired) electrons. The van der Waals surface area contributed by atoms with E-state index >= 15 is 0 Å². The SMILES string of the molecule is CN(C)Cc1cc(S(N)(=O)=O)ccc1Oc1ccc2c(c1)CCS2. The highest BCUT2D eigenvalue weighted by atomic mass is 32.2. The first kappa shape index (κ1) is 17.3. The van der Waals surface area contributed by atoms with Gasteiger partial charge in [0.25, 0.3) is 0 Å². The van der Waals surface area contributed by atoms with E-state index in [1.165, 1.54) is 16.5 Å². The molecule has 128 valence electrons. The van der Waals surface area contributed by atoms with E-state index in [2.05, 4.69) is 12.1 Å². The van der Waals surface area contributed by atoms with Crippen LogP contribution in [0.5, 0.6) is 11.5 Å². The Labute approximate surface area is 146 Å². The van der Waals surface area contributed by atoms with Gasteiger partial charge in [-0.05, 0) is 62.5 Å². The highest BCUT2D eigenvalue weighted by Gasteiger charge is 2.15. The Kier molecular flexibility index (Phi) is 4.87. The molecule has 1 aliphatic rings. The van der Waals surface area contributed by atoms with Crippen molar-refractivity contribution in [3.63, 3.8) is 0 Å². The molecule has 2 N–H and O–H groups in total. The molecule has 1 heterocycles. The van der Waals surface area contributed by atoms with Crippen LogP contribution >= 0.6 is 11.8 Å². The van der Waals surface area contributed by atoms with Crippen molar-refractivity contribution < 1.29 is 13.2 Å². The predicted molar refractivity (Wildman–Crippen MR) is 96.2 cm³/mol. The molecule has 0 saturated carbocycles. The van der Waals surface area contributed by atoms with Crippen molar-refractivity contribution in [3.05, 3.63) is 47.5 Å². The molecule has 7 heteroatoms. The molecule has 0 amide bonds. The maximum Gasteiger partial charge on any atom is 0.238 e. The number of rotatable bonds is 5. The largest absolute Gasteiger partial charge is 0.457 e. The van der Waals surface area contributed by atoms with Crippen molar-refractivity contribution in [3.8, 4) is 11.5 Å². The van der Waals surface area contributed by atoms with Gasteiger partial charge in [-0.1, -0.05) is 0 Å². The summed E-state index contributed by atoms with van der Waals surface area (Å²) in [6.45, 7) is 0.555. The normalized spacial score (nSPS) is 14.0. The summed E-state index contributed by atoms with van der Waals surface area (Å²) in [7, 11) is 0.0978. The Hall–Kier alpha value is -1.54. The molecular weight excluding hydrogens is 344 g/mol. The first-order valence-electron chi connectivity index (χ1n) is 7.57. The highest BCUT2D eigenvalue weighted by molar-refractivity contribution is 7.99. The molecule has 1 aliphatic heterocycles. The van der Waals surface area contributed by atoms with Gasteiger partial charge in [0, 0.05) is 22.8 Å². The van der Waals surface area contributed by atoms with Gasteiger partial charge in [0.1, 0.15) is 11.5 Å². The number of fused-ring (bicyclic) bond motifs is 1. The molecule has 0 aliphatic carbocycles. The fraction of sp³-hybridized carbons (Fsp3) is 0.294. The van der Waals surface area contributed by atoms with Gasteiger partial charge in [0.15, 0.2) is 0 Å². The molecule has 0 spiro atoms. The topological polar surface area (TPSA) is 72.6 Å². The Balaban J connectivity index is 1.94. The van der Waals surface area contributed by atoms with Crippen molar-refractivity contribution in [2.24, 2.45) is 5.14 Å². The van der Waals surface area contributed by atoms with Crippen LogP contribution in [-0.4, -0.2) is 33.2 Å². The van der Waals surface area contributed by atoms with E-state index in [0.29, 0.717) is 12.3 Å². The van der Waals surface area contributed by atoms with Crippen LogP contribution in [0, 0.1) is 0 Å². The maximum atomic E-state index is 11.6. The number of sulfonamides is 1. The molecule has 24 heavy (non-hydrogen) atoms. The zero-order valence-electron chi connectivity index (χ0n) is 13.7. The molecular formula is C17H20N2O3S2. The summed E-state index contributed by atoms with van der Waals surface area (Å²) in [5, 5.41) is 5.24. The summed E-state index contributed by atoms with van der Waals surface area (Å²) in [5.74, 6) is 2.51. The van der Waals surface area contributed by atoms with Gasteiger partial charge < -0.3 is 9.64 Å². The zero-order valence-corrected chi connectivity index (χ0v) is 15.3. The van der Waals surface area contributed by atoms with Crippen molar-refractivity contribution in [1.29, 1.82) is 0 Å². The summed E-state index contributed by atoms with van der Waals surface area (Å²) in [6, 6.07) is 10.8. The number of benzene rings is 2. The van der Waals surface area contributed by atoms with Crippen LogP contribution < -0.4 is 9.88 Å². The van der Waals surface area contributed by atoms with Crippen LogP contribution in [0.25, 0.3) is 0 Å². The molecule has 3 rings (SSSR count). The average Bonchev–Trinajstić information content (AvgIpc) is 2.95. The number of primary sulfonamides is 1. The van der Waals surface area contributed by atoms with Crippen LogP contribution in [0.1, 0.15) is 11.1 Å². The molecule has 0 fully saturated rings. The second-order valence-electron chi connectivity index (χ2n) is 6.02. The molecule has 5 nitrogen and oxygen atoms in total. The number of thioether (sulfide) groups is 1. The Morgan fingerprint density at radius 2 is 2.00 bits per heavy atom. The van der Waals surface area contributed by atoms with Crippen molar-refractivity contribution in [2.75, 3.05) is 19.8 Å². The number of nitrogens with two attached hydrogens (primary N) is 1. The molecule has 0 unspecified atom stereocenters. The second-order valence-corrected chi connectivity index (χ2v) is 8.72. The number of aryl methyl sites for hydroxylation is 1. The lowest BCUT2D eigenvalue weighted by atomic mass is 10.1. The van der Waals surface area contributed by atoms with E-state index in [0.717, 1.165) is 23.5 Å².